The van der Waals surface area contributed by atoms with E-state index in [1.165, 1.54) is 0 Å². The van der Waals surface area contributed by atoms with Gasteiger partial charge in [0.1, 0.15) is 12.4 Å². The fraction of sp³-hybridized carbons (Fsp3) is 0.444. The third-order valence-electron chi connectivity index (χ3n) is 6.36. The normalized spacial score (nSPS) is 21.3. The van der Waals surface area contributed by atoms with E-state index in [0.717, 1.165) is 0 Å². The van der Waals surface area contributed by atoms with Crippen molar-refractivity contribution in [1.29, 1.82) is 0 Å². The number of anilines is 1. The highest BCUT2D eigenvalue weighted by Gasteiger charge is 2.30. The van der Waals surface area contributed by atoms with E-state index in [0.29, 0.717) is 42.1 Å². The minimum absolute atomic E-state index is 0.0164. The summed E-state index contributed by atoms with van der Waals surface area (Å²) in [6.07, 6.45) is 0.149. The minimum Gasteiger partial charge on any atom is -0.491 e. The fourth-order valence-corrected chi connectivity index (χ4v) is 4.19. The molecule has 3 rings (SSSR count). The molecule has 8 nitrogen and oxygen atoms in total. The zero-order valence-corrected chi connectivity index (χ0v) is 21.1. The van der Waals surface area contributed by atoms with Crippen molar-refractivity contribution in [2.75, 3.05) is 39.2 Å². The number of likely N-dealkylation sites (N-methyl/N-ethyl adjacent to an activating group) is 1. The summed E-state index contributed by atoms with van der Waals surface area (Å²) in [4.78, 5) is 42.1. The number of nitrogens with zero attached hydrogens (tertiary/aromatic N) is 2. The Labute approximate surface area is 207 Å². The number of hydrogen-bond donors (Lipinski definition) is 1. The Kier molecular flexibility index (Phi) is 8.87. The molecule has 0 saturated carbocycles. The monoisotopic (exact) mass is 481 g/mol. The Hall–Kier alpha value is -3.39. The Bertz CT molecular complexity index is 1040. The Morgan fingerprint density at radius 3 is 2.49 bits per heavy atom. The Morgan fingerprint density at radius 1 is 1.11 bits per heavy atom. The lowest BCUT2D eigenvalue weighted by Gasteiger charge is -2.36. The molecular formula is C27H35N3O5. The van der Waals surface area contributed by atoms with Crippen molar-refractivity contribution in [3.8, 4) is 5.75 Å². The number of carbonyl (C=O) groups excluding carboxylic acids is 3. The molecule has 2 aromatic carbocycles. The summed E-state index contributed by atoms with van der Waals surface area (Å²) in [6, 6.07) is 13.7. The quantitative estimate of drug-likeness (QED) is 0.720. The first-order valence-electron chi connectivity index (χ1n) is 12.0. The van der Waals surface area contributed by atoms with Gasteiger partial charge < -0.3 is 24.6 Å². The van der Waals surface area contributed by atoms with Gasteiger partial charge >= 0.3 is 0 Å². The van der Waals surface area contributed by atoms with Crippen LogP contribution < -0.4 is 10.1 Å². The van der Waals surface area contributed by atoms with Crippen molar-refractivity contribution in [2.45, 2.75) is 39.3 Å². The summed E-state index contributed by atoms with van der Waals surface area (Å²) >= 11 is 0. The Balaban J connectivity index is 1.94. The van der Waals surface area contributed by atoms with Crippen LogP contribution in [0.25, 0.3) is 0 Å². The first kappa shape index (κ1) is 26.2. The van der Waals surface area contributed by atoms with E-state index in [2.05, 4.69) is 5.32 Å². The second-order valence-corrected chi connectivity index (χ2v) is 9.03. The van der Waals surface area contributed by atoms with Crippen LogP contribution in [0.5, 0.6) is 5.75 Å². The second kappa shape index (κ2) is 11.8. The van der Waals surface area contributed by atoms with Gasteiger partial charge in [-0.3, -0.25) is 14.4 Å². The molecule has 2 aromatic rings. The van der Waals surface area contributed by atoms with Crippen LogP contribution >= 0.6 is 0 Å². The van der Waals surface area contributed by atoms with Crippen LogP contribution in [0.2, 0.25) is 0 Å². The summed E-state index contributed by atoms with van der Waals surface area (Å²) in [5.74, 6) is -0.0563. The van der Waals surface area contributed by atoms with Crippen LogP contribution in [0.15, 0.2) is 48.5 Å². The average molecular weight is 482 g/mol. The van der Waals surface area contributed by atoms with Crippen LogP contribution in [0.1, 0.15) is 47.9 Å². The number of hydrogen-bond acceptors (Lipinski definition) is 5. The summed E-state index contributed by atoms with van der Waals surface area (Å²) in [5, 5.41) is 2.86. The topological polar surface area (TPSA) is 88.2 Å². The van der Waals surface area contributed by atoms with Crippen molar-refractivity contribution in [1.82, 2.24) is 9.80 Å². The van der Waals surface area contributed by atoms with E-state index in [1.54, 1.807) is 61.5 Å². The van der Waals surface area contributed by atoms with Crippen LogP contribution in [0, 0.1) is 5.92 Å². The third-order valence-corrected chi connectivity index (χ3v) is 6.36. The lowest BCUT2D eigenvalue weighted by molar-refractivity contribution is -0.135. The van der Waals surface area contributed by atoms with Gasteiger partial charge in [-0.25, -0.2) is 0 Å². The lowest BCUT2D eigenvalue weighted by Crippen LogP contribution is -2.48. The van der Waals surface area contributed by atoms with Gasteiger partial charge in [0.2, 0.25) is 5.91 Å². The maximum absolute atomic E-state index is 13.3. The van der Waals surface area contributed by atoms with E-state index in [1.807, 2.05) is 31.7 Å². The Morgan fingerprint density at radius 2 is 1.83 bits per heavy atom. The molecule has 1 heterocycles. The number of nitrogens with one attached hydrogen (secondary N) is 1. The molecule has 0 fully saturated rings. The summed E-state index contributed by atoms with van der Waals surface area (Å²) < 4.78 is 11.8. The molecule has 0 radical (unpaired) electrons. The molecule has 0 saturated heterocycles. The zero-order valence-electron chi connectivity index (χ0n) is 21.1. The van der Waals surface area contributed by atoms with Crippen molar-refractivity contribution in [3.63, 3.8) is 0 Å². The molecule has 35 heavy (non-hydrogen) atoms. The zero-order chi connectivity index (χ0) is 25.5. The molecule has 3 amide bonds. The van der Waals surface area contributed by atoms with Gasteiger partial charge in [0.25, 0.3) is 11.8 Å². The van der Waals surface area contributed by atoms with E-state index in [4.69, 9.17) is 9.47 Å². The first-order valence-corrected chi connectivity index (χ1v) is 12.0. The number of carbonyl (C=O) groups is 3. The maximum atomic E-state index is 13.3. The van der Waals surface area contributed by atoms with Crippen LogP contribution in [-0.4, -0.2) is 73.5 Å². The molecule has 0 unspecified atom stereocenters. The highest BCUT2D eigenvalue weighted by molar-refractivity contribution is 6.05. The summed E-state index contributed by atoms with van der Waals surface area (Å²) in [7, 11) is 3.35. The number of methoxy groups -OCH3 is 1. The molecular weight excluding hydrogens is 446 g/mol. The van der Waals surface area contributed by atoms with Gasteiger partial charge in [-0.15, -0.1) is 0 Å². The first-order chi connectivity index (χ1) is 16.7. The number of ether oxygens (including phenoxy) is 2. The fourth-order valence-electron chi connectivity index (χ4n) is 4.19. The highest BCUT2D eigenvalue weighted by atomic mass is 16.5. The molecule has 1 aliphatic rings. The van der Waals surface area contributed by atoms with E-state index in [-0.39, 0.29) is 42.4 Å². The van der Waals surface area contributed by atoms with Crippen LogP contribution in [0.4, 0.5) is 5.69 Å². The molecule has 1 aliphatic heterocycles. The lowest BCUT2D eigenvalue weighted by atomic mass is 10.0. The van der Waals surface area contributed by atoms with E-state index < -0.39 is 0 Å². The van der Waals surface area contributed by atoms with Gasteiger partial charge in [-0.1, -0.05) is 32.0 Å². The predicted octanol–water partition coefficient (Wildman–Crippen LogP) is 3.68. The van der Waals surface area contributed by atoms with Crippen molar-refractivity contribution in [3.05, 3.63) is 59.7 Å². The smallest absolute Gasteiger partial charge is 0.257 e. The maximum Gasteiger partial charge on any atom is 0.257 e. The molecule has 0 aliphatic carbocycles. The standard InChI is InChI=1S/C27H35N3O5/c1-6-25(31)30-15-18(2)24(34-5)16-29(4)27(33)22-13-12-21(14-23(22)35-17-19(30)3)28-26(32)20-10-8-7-9-11-20/h7-14,18-19,24H,6,15-17H2,1-5H3,(H,28,32)/t18-,19+,24-/m0/s1. The summed E-state index contributed by atoms with van der Waals surface area (Å²) in [5.41, 5.74) is 1.42. The van der Waals surface area contributed by atoms with Gasteiger partial charge in [-0.05, 0) is 31.2 Å². The molecule has 1 N–H and O–H groups in total. The predicted molar refractivity (Wildman–Crippen MR) is 135 cm³/mol. The van der Waals surface area contributed by atoms with Crippen molar-refractivity contribution < 1.29 is 23.9 Å². The molecule has 0 spiro atoms. The van der Waals surface area contributed by atoms with Crippen LogP contribution in [0.3, 0.4) is 0 Å². The molecule has 3 atom stereocenters. The van der Waals surface area contributed by atoms with Gasteiger partial charge in [0.05, 0.1) is 17.7 Å². The molecule has 0 bridgehead atoms. The SMILES string of the molecule is CCC(=O)N1C[C@H](C)[C@@H](OC)CN(C)C(=O)c2ccc(NC(=O)c3ccccc3)cc2OC[C@H]1C. The van der Waals surface area contributed by atoms with Crippen molar-refractivity contribution >= 4 is 23.4 Å². The van der Waals surface area contributed by atoms with E-state index in [9.17, 15) is 14.4 Å². The number of fused-ring (bicyclic) bond motifs is 1. The number of benzene rings is 2. The average Bonchev–Trinajstić information content (AvgIpc) is 2.87. The third kappa shape index (κ3) is 6.39. The van der Waals surface area contributed by atoms with E-state index >= 15 is 0 Å². The molecule has 188 valence electrons. The van der Waals surface area contributed by atoms with Gasteiger partial charge in [-0.2, -0.15) is 0 Å². The second-order valence-electron chi connectivity index (χ2n) is 9.03. The van der Waals surface area contributed by atoms with Crippen molar-refractivity contribution in [2.24, 2.45) is 5.92 Å². The van der Waals surface area contributed by atoms with Gasteiger partial charge in [0.15, 0.2) is 0 Å². The summed E-state index contributed by atoms with van der Waals surface area (Å²) in [6.45, 7) is 6.87. The van der Waals surface area contributed by atoms with Gasteiger partial charge in [0, 0.05) is 56.9 Å². The van der Waals surface area contributed by atoms with Crippen LogP contribution in [-0.2, 0) is 9.53 Å². The minimum atomic E-state index is -0.257. The number of amides is 3. The number of rotatable bonds is 4. The molecule has 0 aromatic heterocycles. The largest absolute Gasteiger partial charge is 0.491 e. The highest BCUT2D eigenvalue weighted by Crippen LogP contribution is 2.27. The molecule has 8 heteroatoms.